The number of thioether (sulfide) groups is 1. The molecule has 0 amide bonds. The van der Waals surface area contributed by atoms with Crippen LogP contribution in [0.3, 0.4) is 0 Å². The molecule has 5 nitrogen and oxygen atoms in total. The second kappa shape index (κ2) is 9.76. The van der Waals surface area contributed by atoms with Crippen LogP contribution in [0.4, 0.5) is 0 Å². The van der Waals surface area contributed by atoms with Crippen molar-refractivity contribution < 1.29 is 9.53 Å². The molecule has 0 saturated carbocycles. The summed E-state index contributed by atoms with van der Waals surface area (Å²) >= 11 is 1.48. The lowest BCUT2D eigenvalue weighted by molar-refractivity contribution is -0.118. The first-order valence-electron chi connectivity index (χ1n) is 9.27. The quantitative estimate of drug-likeness (QED) is 0.571. The van der Waals surface area contributed by atoms with E-state index in [1.807, 2.05) is 26.0 Å². The highest BCUT2D eigenvalue weighted by atomic mass is 32.2. The van der Waals surface area contributed by atoms with Crippen LogP contribution in [-0.4, -0.2) is 25.8 Å². The number of ketones is 1. The number of Topliss-reactive ketones (excluding diaryl/α,β-unsaturated/α-hetero) is 1. The number of carbonyl (C=O) groups excluding carboxylic acids is 1. The van der Waals surface area contributed by atoms with Gasteiger partial charge in [-0.25, -0.2) is 0 Å². The zero-order valence-electron chi connectivity index (χ0n) is 16.4. The fraction of sp³-hybridized carbons (Fsp3) is 0.550. The van der Waals surface area contributed by atoms with E-state index in [4.69, 9.17) is 4.74 Å². The molecule has 0 fully saturated rings. The molecule has 1 aromatic heterocycles. The lowest BCUT2D eigenvalue weighted by Crippen LogP contribution is -2.15. The molecule has 26 heavy (non-hydrogen) atoms. The van der Waals surface area contributed by atoms with E-state index in [1.165, 1.54) is 17.3 Å². The van der Waals surface area contributed by atoms with E-state index in [2.05, 4.69) is 47.7 Å². The Hall–Kier alpha value is -1.82. The maximum absolute atomic E-state index is 11.9. The Morgan fingerprint density at radius 3 is 2.42 bits per heavy atom. The number of hydrogen-bond donors (Lipinski definition) is 0. The van der Waals surface area contributed by atoms with Gasteiger partial charge in [0.15, 0.2) is 11.0 Å². The van der Waals surface area contributed by atoms with Crippen LogP contribution in [0.1, 0.15) is 52.4 Å². The Morgan fingerprint density at radius 2 is 1.85 bits per heavy atom. The third-order valence-electron chi connectivity index (χ3n) is 4.12. The van der Waals surface area contributed by atoms with E-state index in [0.29, 0.717) is 18.9 Å². The van der Waals surface area contributed by atoms with Gasteiger partial charge in [-0.3, -0.25) is 4.79 Å². The van der Waals surface area contributed by atoms with Gasteiger partial charge >= 0.3 is 0 Å². The Morgan fingerprint density at radius 1 is 1.15 bits per heavy atom. The number of benzene rings is 1. The molecule has 1 aromatic carbocycles. The fourth-order valence-corrected chi connectivity index (χ4v) is 3.55. The topological polar surface area (TPSA) is 57.0 Å². The van der Waals surface area contributed by atoms with Crippen LogP contribution in [0.15, 0.2) is 29.4 Å². The van der Waals surface area contributed by atoms with E-state index >= 15 is 0 Å². The molecule has 142 valence electrons. The summed E-state index contributed by atoms with van der Waals surface area (Å²) in [6.07, 6.45) is 1.55. The lowest BCUT2D eigenvalue weighted by Gasteiger charge is -2.14. The summed E-state index contributed by atoms with van der Waals surface area (Å²) in [7, 11) is 0. The zero-order valence-corrected chi connectivity index (χ0v) is 17.2. The maximum atomic E-state index is 11.9. The maximum Gasteiger partial charge on any atom is 0.192 e. The Kier molecular flexibility index (Phi) is 7.69. The number of nitrogens with zero attached hydrogens (tertiary/aromatic N) is 3. The summed E-state index contributed by atoms with van der Waals surface area (Å²) in [5.74, 6) is 2.29. The molecule has 0 radical (unpaired) electrons. The van der Waals surface area contributed by atoms with Crippen LogP contribution in [-0.2, 0) is 24.4 Å². The highest BCUT2D eigenvalue weighted by Crippen LogP contribution is 2.25. The van der Waals surface area contributed by atoms with E-state index < -0.39 is 0 Å². The standard InChI is InChI=1S/C20H29N3O2S/c1-6-16-8-10-17(11-9-16)25-13-19-21-22-20(23(19)12-14(3)4)26-15(5)18(24)7-2/h8-11,14-15H,6-7,12-13H2,1-5H3. The van der Waals surface area contributed by atoms with Gasteiger partial charge in [0.25, 0.3) is 0 Å². The minimum atomic E-state index is -0.120. The first-order chi connectivity index (χ1) is 12.4. The molecule has 0 saturated heterocycles. The van der Waals surface area contributed by atoms with E-state index in [1.54, 1.807) is 0 Å². The molecule has 0 spiro atoms. The molecule has 6 heteroatoms. The summed E-state index contributed by atoms with van der Waals surface area (Å²) in [6, 6.07) is 8.13. The summed E-state index contributed by atoms with van der Waals surface area (Å²) in [5, 5.41) is 9.29. The average Bonchev–Trinajstić information content (AvgIpc) is 3.00. The van der Waals surface area contributed by atoms with Gasteiger partial charge in [-0.1, -0.05) is 51.6 Å². The lowest BCUT2D eigenvalue weighted by atomic mass is 10.2. The van der Waals surface area contributed by atoms with Crippen LogP contribution in [0, 0.1) is 5.92 Å². The van der Waals surface area contributed by atoms with E-state index in [9.17, 15) is 4.79 Å². The largest absolute Gasteiger partial charge is 0.486 e. The highest BCUT2D eigenvalue weighted by molar-refractivity contribution is 8.00. The van der Waals surface area contributed by atoms with Crippen molar-refractivity contribution in [2.45, 2.75) is 71.0 Å². The van der Waals surface area contributed by atoms with Crippen LogP contribution >= 0.6 is 11.8 Å². The van der Waals surface area contributed by atoms with Gasteiger partial charge in [0.1, 0.15) is 18.1 Å². The van der Waals surface area contributed by atoms with Crippen molar-refractivity contribution in [3.63, 3.8) is 0 Å². The van der Waals surface area contributed by atoms with Crippen molar-refractivity contribution >= 4 is 17.5 Å². The van der Waals surface area contributed by atoms with Crippen molar-refractivity contribution in [2.75, 3.05) is 0 Å². The number of aromatic nitrogens is 3. The molecule has 0 bridgehead atoms. The Balaban J connectivity index is 2.12. The number of rotatable bonds is 10. The van der Waals surface area contributed by atoms with Crippen molar-refractivity contribution in [3.8, 4) is 5.75 Å². The minimum Gasteiger partial charge on any atom is -0.486 e. The first-order valence-corrected chi connectivity index (χ1v) is 10.2. The predicted molar refractivity (Wildman–Crippen MR) is 106 cm³/mol. The van der Waals surface area contributed by atoms with Gasteiger partial charge in [-0.05, 0) is 37.0 Å². The van der Waals surface area contributed by atoms with Crippen molar-refractivity contribution in [3.05, 3.63) is 35.7 Å². The highest BCUT2D eigenvalue weighted by Gasteiger charge is 2.20. The SMILES string of the molecule is CCC(=O)C(C)Sc1nnc(COc2ccc(CC)cc2)n1CC(C)C. The van der Waals surface area contributed by atoms with Crippen molar-refractivity contribution in [1.82, 2.24) is 14.8 Å². The minimum absolute atomic E-state index is 0.120. The second-order valence-electron chi connectivity index (χ2n) is 6.77. The third kappa shape index (κ3) is 5.59. The third-order valence-corrected chi connectivity index (χ3v) is 5.25. The second-order valence-corrected chi connectivity index (χ2v) is 8.08. The number of aryl methyl sites for hydroxylation is 1. The molecule has 0 N–H and O–H groups in total. The Bertz CT molecular complexity index is 710. The fourth-order valence-electron chi connectivity index (χ4n) is 2.54. The molecular formula is C20H29N3O2S. The molecule has 0 aliphatic carbocycles. The summed E-state index contributed by atoms with van der Waals surface area (Å²) in [5.41, 5.74) is 1.29. The summed E-state index contributed by atoms with van der Waals surface area (Å²) in [6.45, 7) is 11.4. The number of hydrogen-bond acceptors (Lipinski definition) is 5. The molecule has 1 unspecified atom stereocenters. The normalized spacial score (nSPS) is 12.4. The summed E-state index contributed by atoms with van der Waals surface area (Å²) < 4.78 is 7.98. The predicted octanol–water partition coefficient (Wildman–Crippen LogP) is 4.54. The van der Waals surface area contributed by atoms with Gasteiger partial charge in [-0.2, -0.15) is 0 Å². The number of carbonyl (C=O) groups is 1. The van der Waals surface area contributed by atoms with Crippen LogP contribution < -0.4 is 4.74 Å². The van der Waals surface area contributed by atoms with Crippen LogP contribution in [0.5, 0.6) is 5.75 Å². The summed E-state index contributed by atoms with van der Waals surface area (Å²) in [4.78, 5) is 11.9. The smallest absolute Gasteiger partial charge is 0.192 e. The van der Waals surface area contributed by atoms with Crippen LogP contribution in [0.25, 0.3) is 0 Å². The zero-order chi connectivity index (χ0) is 19.1. The van der Waals surface area contributed by atoms with Gasteiger partial charge in [-0.15, -0.1) is 10.2 Å². The van der Waals surface area contributed by atoms with Gasteiger partial charge < -0.3 is 9.30 Å². The van der Waals surface area contributed by atoms with Crippen molar-refractivity contribution in [1.29, 1.82) is 0 Å². The Labute approximate surface area is 160 Å². The molecule has 1 heterocycles. The number of ether oxygens (including phenoxy) is 1. The molecule has 0 aliphatic rings. The molecule has 1 atom stereocenters. The van der Waals surface area contributed by atoms with Gasteiger partial charge in [0.2, 0.25) is 0 Å². The van der Waals surface area contributed by atoms with E-state index in [0.717, 1.165) is 29.7 Å². The van der Waals surface area contributed by atoms with Gasteiger partial charge in [0, 0.05) is 13.0 Å². The van der Waals surface area contributed by atoms with Crippen molar-refractivity contribution in [2.24, 2.45) is 5.92 Å². The first kappa shape index (κ1) is 20.5. The van der Waals surface area contributed by atoms with E-state index in [-0.39, 0.29) is 11.0 Å². The average molecular weight is 376 g/mol. The molecular weight excluding hydrogens is 346 g/mol. The molecule has 2 rings (SSSR count). The monoisotopic (exact) mass is 375 g/mol. The molecule has 0 aliphatic heterocycles. The van der Waals surface area contributed by atoms with Crippen LogP contribution in [0.2, 0.25) is 0 Å². The molecule has 2 aromatic rings. The van der Waals surface area contributed by atoms with Gasteiger partial charge in [0.05, 0.1) is 5.25 Å².